The van der Waals surface area contributed by atoms with Crippen molar-refractivity contribution in [2.24, 2.45) is 22.7 Å². The van der Waals surface area contributed by atoms with E-state index in [4.69, 9.17) is 32.4 Å². The fraction of sp³-hybridized carbons (Fsp3) is 0.861. The molecular weight excluding hydrogens is 601 g/mol. The lowest BCUT2D eigenvalue weighted by Gasteiger charge is -2.57. The van der Waals surface area contributed by atoms with Gasteiger partial charge in [-0.25, -0.2) is 0 Å². The third-order valence-corrected chi connectivity index (χ3v) is 24.7. The van der Waals surface area contributed by atoms with Crippen LogP contribution in [0.4, 0.5) is 0 Å². The van der Waals surface area contributed by atoms with E-state index in [0.717, 1.165) is 32.1 Å². The summed E-state index contributed by atoms with van der Waals surface area (Å²) in [6.07, 6.45) is 7.69. The molecule has 0 N–H and O–H groups in total. The molecule has 3 rings (SSSR count). The van der Waals surface area contributed by atoms with Crippen molar-refractivity contribution in [3.05, 3.63) is 23.3 Å². The van der Waals surface area contributed by atoms with Crippen LogP contribution in [-0.2, 0) is 13.6 Å². The fourth-order valence-corrected chi connectivity index (χ4v) is 16.9. The Balaban J connectivity index is 2.12. The van der Waals surface area contributed by atoms with Gasteiger partial charge in [0.1, 0.15) is 6.10 Å². The SMILES string of the molecule is C=C1[C@@H](O[Si](CC)(CC)C(C)C)CC[C@@]2(C)[C@@H](OC(=S)SC)CC3=C(C)[C@@H](O[Si](CC)(CC)C(C)C)C[C@@H](C[C@H]12)C3(C)C. The first-order chi connectivity index (χ1) is 20.0. The minimum absolute atomic E-state index is 0.0213. The van der Waals surface area contributed by atoms with E-state index in [9.17, 15) is 0 Å². The second-order valence-corrected chi connectivity index (χ2v) is 26.8. The highest BCUT2D eigenvalue weighted by Crippen LogP contribution is 2.60. The second-order valence-electron chi connectivity index (χ2n) is 15.6. The highest BCUT2D eigenvalue weighted by Gasteiger charge is 2.56. The third kappa shape index (κ3) is 7.02. The topological polar surface area (TPSA) is 27.7 Å². The first-order valence-corrected chi connectivity index (χ1v) is 23.9. The molecule has 0 radical (unpaired) electrons. The van der Waals surface area contributed by atoms with Crippen molar-refractivity contribution in [2.75, 3.05) is 6.26 Å². The van der Waals surface area contributed by atoms with Gasteiger partial charge in [0.05, 0.1) is 12.2 Å². The molecule has 0 amide bonds. The molecule has 43 heavy (non-hydrogen) atoms. The summed E-state index contributed by atoms with van der Waals surface area (Å²) >= 11 is 7.32. The van der Waals surface area contributed by atoms with Gasteiger partial charge in [-0.3, -0.25) is 0 Å². The minimum Gasteiger partial charge on any atom is -0.474 e. The van der Waals surface area contributed by atoms with Gasteiger partial charge in [0.15, 0.2) is 16.6 Å². The molecule has 0 aliphatic heterocycles. The van der Waals surface area contributed by atoms with E-state index >= 15 is 0 Å². The Kier molecular flexibility index (Phi) is 12.6. The lowest BCUT2D eigenvalue weighted by Crippen LogP contribution is -2.55. The van der Waals surface area contributed by atoms with Crippen molar-refractivity contribution in [1.29, 1.82) is 0 Å². The van der Waals surface area contributed by atoms with Gasteiger partial charge in [0, 0.05) is 11.8 Å². The summed E-state index contributed by atoms with van der Waals surface area (Å²) < 4.78 is 22.2. The molecule has 0 aromatic heterocycles. The Hall–Kier alpha value is 0.0738. The van der Waals surface area contributed by atoms with Crippen molar-refractivity contribution in [3.63, 3.8) is 0 Å². The Morgan fingerprint density at radius 3 is 1.91 bits per heavy atom. The number of hydrogen-bond acceptors (Lipinski definition) is 5. The summed E-state index contributed by atoms with van der Waals surface area (Å²) in [6, 6.07) is 4.68. The van der Waals surface area contributed by atoms with E-state index in [-0.39, 0.29) is 29.1 Å². The number of thioether (sulfide) groups is 1. The van der Waals surface area contributed by atoms with Crippen LogP contribution in [0, 0.1) is 22.7 Å². The summed E-state index contributed by atoms with van der Waals surface area (Å²) in [5.41, 5.74) is 5.61. The third-order valence-electron chi connectivity index (χ3n) is 13.2. The Bertz CT molecular complexity index is 1030. The minimum atomic E-state index is -1.86. The van der Waals surface area contributed by atoms with Crippen LogP contribution >= 0.6 is 24.0 Å². The van der Waals surface area contributed by atoms with Crippen LogP contribution in [0.25, 0.3) is 0 Å². The summed E-state index contributed by atoms with van der Waals surface area (Å²) in [5, 5.41) is 0. The lowest BCUT2D eigenvalue weighted by molar-refractivity contribution is -0.0540. The van der Waals surface area contributed by atoms with Gasteiger partial charge in [-0.2, -0.15) is 0 Å². The highest BCUT2D eigenvalue weighted by molar-refractivity contribution is 8.22. The second kappa shape index (κ2) is 14.5. The standard InChI is InChI=1S/C36H66O3S2Si2/c1-15-42(16-2,24(5)6)38-31-19-20-36(13)30(27(31)10)21-28-22-32(39-43(17-3,18-4)25(7)8)26(9)29(35(28,11)12)23-33(36)37-34(40)41-14/h24-25,28,30-33H,10,15-23H2,1-9,11-14H3/t28-,30-,31+,32+,33+,36-/m1/s1. The number of hydrogen-bond donors (Lipinski definition) is 0. The van der Waals surface area contributed by atoms with Crippen molar-refractivity contribution in [3.8, 4) is 0 Å². The summed E-state index contributed by atoms with van der Waals surface area (Å²) in [5.74, 6) is 0.865. The van der Waals surface area contributed by atoms with Gasteiger partial charge in [0.2, 0.25) is 4.38 Å². The molecule has 0 heterocycles. The van der Waals surface area contributed by atoms with Crippen molar-refractivity contribution < 1.29 is 13.6 Å². The van der Waals surface area contributed by atoms with Gasteiger partial charge < -0.3 is 13.6 Å². The normalized spacial score (nSPS) is 31.6. The van der Waals surface area contributed by atoms with Crippen LogP contribution < -0.4 is 0 Å². The van der Waals surface area contributed by atoms with Gasteiger partial charge in [-0.05, 0) is 115 Å². The highest BCUT2D eigenvalue weighted by atomic mass is 32.2. The van der Waals surface area contributed by atoms with Gasteiger partial charge in [-0.15, -0.1) is 0 Å². The molecule has 0 saturated heterocycles. The van der Waals surface area contributed by atoms with E-state index in [1.807, 2.05) is 6.26 Å². The van der Waals surface area contributed by atoms with Crippen LogP contribution in [0.15, 0.2) is 23.3 Å². The van der Waals surface area contributed by atoms with Gasteiger partial charge in [-0.1, -0.05) is 100 Å². The Labute approximate surface area is 278 Å². The van der Waals surface area contributed by atoms with Crippen molar-refractivity contribution >= 4 is 45.0 Å². The Morgan fingerprint density at radius 2 is 1.44 bits per heavy atom. The zero-order chi connectivity index (χ0) is 32.5. The molecule has 2 saturated carbocycles. The smallest absolute Gasteiger partial charge is 0.219 e. The molecule has 3 nitrogen and oxygen atoms in total. The van der Waals surface area contributed by atoms with Crippen LogP contribution in [0.1, 0.15) is 115 Å². The molecule has 0 spiro atoms. The lowest BCUT2D eigenvalue weighted by atomic mass is 9.51. The summed E-state index contributed by atoms with van der Waals surface area (Å²) in [6.45, 7) is 33.7. The molecule has 3 aliphatic rings. The average Bonchev–Trinajstić information content (AvgIpc) is 2.96. The van der Waals surface area contributed by atoms with Gasteiger partial charge >= 0.3 is 0 Å². The zero-order valence-electron chi connectivity index (χ0n) is 30.2. The predicted molar refractivity (Wildman–Crippen MR) is 198 cm³/mol. The summed E-state index contributed by atoms with van der Waals surface area (Å²) in [4.78, 5) is 0. The number of fused-ring (bicyclic) bond motifs is 3. The quantitative estimate of drug-likeness (QED) is 0.124. The molecule has 7 heteroatoms. The molecule has 0 unspecified atom stereocenters. The molecular formula is C36H66O3S2Si2. The molecule has 248 valence electrons. The molecule has 2 fully saturated rings. The van der Waals surface area contributed by atoms with Crippen LogP contribution in [0.2, 0.25) is 35.3 Å². The average molecular weight is 667 g/mol. The van der Waals surface area contributed by atoms with Crippen LogP contribution in [-0.4, -0.2) is 45.6 Å². The molecule has 6 atom stereocenters. The maximum atomic E-state index is 7.41. The monoisotopic (exact) mass is 666 g/mol. The van der Waals surface area contributed by atoms with Crippen molar-refractivity contribution in [2.45, 2.75) is 169 Å². The molecule has 0 aromatic rings. The first-order valence-electron chi connectivity index (χ1n) is 17.5. The molecule has 2 bridgehead atoms. The predicted octanol–water partition coefficient (Wildman–Crippen LogP) is 11.7. The fourth-order valence-electron chi connectivity index (χ4n) is 9.37. The number of rotatable bonds is 11. The molecule has 0 aromatic carbocycles. The van der Waals surface area contributed by atoms with E-state index in [1.54, 1.807) is 17.3 Å². The Morgan fingerprint density at radius 1 is 0.930 bits per heavy atom. The van der Waals surface area contributed by atoms with Crippen LogP contribution in [0.3, 0.4) is 0 Å². The van der Waals surface area contributed by atoms with E-state index < -0.39 is 16.6 Å². The van der Waals surface area contributed by atoms with Gasteiger partial charge in [0.25, 0.3) is 0 Å². The maximum Gasteiger partial charge on any atom is 0.219 e. The van der Waals surface area contributed by atoms with Crippen LogP contribution in [0.5, 0.6) is 0 Å². The summed E-state index contributed by atoms with van der Waals surface area (Å²) in [7, 11) is -3.73. The number of thiocarbonyl (C=S) groups is 1. The van der Waals surface area contributed by atoms with Crippen molar-refractivity contribution in [1.82, 2.24) is 0 Å². The number of ether oxygens (including phenoxy) is 1. The van der Waals surface area contributed by atoms with E-state index in [0.29, 0.717) is 27.3 Å². The largest absolute Gasteiger partial charge is 0.474 e. The maximum absolute atomic E-state index is 7.41. The zero-order valence-corrected chi connectivity index (χ0v) is 33.8. The van der Waals surface area contributed by atoms with E-state index in [2.05, 4.69) is 83.1 Å². The van der Waals surface area contributed by atoms with E-state index in [1.165, 1.54) is 35.3 Å². The molecule has 3 aliphatic carbocycles. The first kappa shape index (κ1) is 37.5.